The van der Waals surface area contributed by atoms with Crippen LogP contribution in [0.1, 0.15) is 63.5 Å². The van der Waals surface area contributed by atoms with E-state index in [1.807, 2.05) is 31.2 Å². The minimum atomic E-state index is -0.622. The van der Waals surface area contributed by atoms with Gasteiger partial charge < -0.3 is 0 Å². The molecule has 0 heterocycles. The Morgan fingerprint density at radius 2 is 1.68 bits per heavy atom. The summed E-state index contributed by atoms with van der Waals surface area (Å²) in [4.78, 5) is 12.3. The molecular weight excluding hydrogens is 234 g/mol. The van der Waals surface area contributed by atoms with Crippen LogP contribution in [0.15, 0.2) is 24.3 Å². The van der Waals surface area contributed by atoms with E-state index < -0.39 is 5.92 Å². The zero-order valence-corrected chi connectivity index (χ0v) is 12.3. The molecule has 0 radical (unpaired) electrons. The van der Waals surface area contributed by atoms with Crippen LogP contribution in [-0.2, 0) is 4.79 Å². The summed E-state index contributed by atoms with van der Waals surface area (Å²) in [5.41, 5.74) is 2.05. The molecule has 2 atom stereocenters. The lowest BCUT2D eigenvalue weighted by Gasteiger charge is -2.15. The maximum absolute atomic E-state index is 12.3. The van der Waals surface area contributed by atoms with Gasteiger partial charge in [-0.25, -0.2) is 0 Å². The molecule has 0 aromatic heterocycles. The van der Waals surface area contributed by atoms with Crippen molar-refractivity contribution in [2.24, 2.45) is 5.92 Å². The van der Waals surface area contributed by atoms with Gasteiger partial charge in [0.1, 0.15) is 5.92 Å². The van der Waals surface area contributed by atoms with Crippen LogP contribution in [0.3, 0.4) is 0 Å². The van der Waals surface area contributed by atoms with Crippen LogP contribution in [-0.4, -0.2) is 5.78 Å². The second-order valence-electron chi connectivity index (χ2n) is 5.48. The second kappa shape index (κ2) is 7.09. The third-order valence-corrected chi connectivity index (χ3v) is 3.56. The Morgan fingerprint density at radius 1 is 1.16 bits per heavy atom. The third kappa shape index (κ3) is 3.92. The normalized spacial score (nSPS) is 13.9. The third-order valence-electron chi connectivity index (χ3n) is 3.56. The maximum atomic E-state index is 12.3. The SMILES string of the molecule is CCCC(C)C(=O)C(C#N)c1ccc(C(C)C)cc1. The van der Waals surface area contributed by atoms with Gasteiger partial charge in [0.25, 0.3) is 0 Å². The van der Waals surface area contributed by atoms with Crippen LogP contribution in [0.25, 0.3) is 0 Å². The molecule has 19 heavy (non-hydrogen) atoms. The van der Waals surface area contributed by atoms with Crippen molar-refractivity contribution in [3.63, 3.8) is 0 Å². The molecular formula is C17H23NO. The van der Waals surface area contributed by atoms with E-state index in [-0.39, 0.29) is 11.7 Å². The molecule has 1 aromatic rings. The van der Waals surface area contributed by atoms with Gasteiger partial charge in [0.05, 0.1) is 6.07 Å². The average molecular weight is 257 g/mol. The van der Waals surface area contributed by atoms with Crippen molar-refractivity contribution >= 4 is 5.78 Å². The van der Waals surface area contributed by atoms with E-state index in [9.17, 15) is 10.1 Å². The summed E-state index contributed by atoms with van der Waals surface area (Å²) in [5, 5.41) is 9.27. The topological polar surface area (TPSA) is 40.9 Å². The van der Waals surface area contributed by atoms with Gasteiger partial charge >= 0.3 is 0 Å². The van der Waals surface area contributed by atoms with Crippen molar-refractivity contribution in [1.82, 2.24) is 0 Å². The Balaban J connectivity index is 2.92. The number of carbonyl (C=O) groups is 1. The highest BCUT2D eigenvalue weighted by atomic mass is 16.1. The van der Waals surface area contributed by atoms with Gasteiger partial charge in [-0.1, -0.05) is 58.4 Å². The standard InChI is InChI=1S/C17H23NO/c1-5-6-13(4)17(19)16(11-18)15-9-7-14(8-10-15)12(2)3/h7-10,12-13,16H,5-6H2,1-4H3. The van der Waals surface area contributed by atoms with E-state index in [4.69, 9.17) is 0 Å². The first-order chi connectivity index (χ1) is 9.01. The highest BCUT2D eigenvalue weighted by molar-refractivity contribution is 5.90. The van der Waals surface area contributed by atoms with E-state index in [0.717, 1.165) is 18.4 Å². The fraction of sp³-hybridized carbons (Fsp3) is 0.529. The van der Waals surface area contributed by atoms with Gasteiger partial charge in [0, 0.05) is 5.92 Å². The molecule has 1 rings (SSSR count). The number of benzene rings is 1. The fourth-order valence-corrected chi connectivity index (χ4v) is 2.24. The van der Waals surface area contributed by atoms with Crippen LogP contribution in [0, 0.1) is 17.2 Å². The molecule has 2 nitrogen and oxygen atoms in total. The van der Waals surface area contributed by atoms with Crippen LogP contribution in [0.2, 0.25) is 0 Å². The first kappa shape index (κ1) is 15.4. The molecule has 0 amide bonds. The minimum Gasteiger partial charge on any atom is -0.298 e. The Hall–Kier alpha value is -1.62. The summed E-state index contributed by atoms with van der Waals surface area (Å²) in [6.45, 7) is 8.23. The van der Waals surface area contributed by atoms with Crippen molar-refractivity contribution in [3.8, 4) is 6.07 Å². The van der Waals surface area contributed by atoms with E-state index in [1.165, 1.54) is 5.56 Å². The molecule has 0 aliphatic rings. The number of carbonyl (C=O) groups excluding carboxylic acids is 1. The Kier molecular flexibility index (Phi) is 5.76. The predicted octanol–water partition coefficient (Wildman–Crippen LogP) is 4.42. The molecule has 0 saturated heterocycles. The number of hydrogen-bond acceptors (Lipinski definition) is 2. The lowest BCUT2D eigenvalue weighted by Crippen LogP contribution is -2.19. The lowest BCUT2D eigenvalue weighted by atomic mass is 9.86. The van der Waals surface area contributed by atoms with Crippen LogP contribution < -0.4 is 0 Å². The summed E-state index contributed by atoms with van der Waals surface area (Å²) in [7, 11) is 0. The second-order valence-corrected chi connectivity index (χ2v) is 5.48. The van der Waals surface area contributed by atoms with Crippen molar-refractivity contribution in [2.75, 3.05) is 0 Å². The number of rotatable bonds is 6. The van der Waals surface area contributed by atoms with Crippen LogP contribution >= 0.6 is 0 Å². The fourth-order valence-electron chi connectivity index (χ4n) is 2.24. The maximum Gasteiger partial charge on any atom is 0.157 e. The highest BCUT2D eigenvalue weighted by Crippen LogP contribution is 2.24. The van der Waals surface area contributed by atoms with Crippen molar-refractivity contribution in [2.45, 2.75) is 52.4 Å². The zero-order chi connectivity index (χ0) is 14.4. The Labute approximate surface area is 116 Å². The van der Waals surface area contributed by atoms with Gasteiger partial charge in [-0.3, -0.25) is 4.79 Å². The molecule has 0 aliphatic carbocycles. The van der Waals surface area contributed by atoms with E-state index in [2.05, 4.69) is 26.8 Å². The minimum absolute atomic E-state index is 0.0422. The molecule has 102 valence electrons. The van der Waals surface area contributed by atoms with Crippen LogP contribution in [0.5, 0.6) is 0 Å². The quantitative estimate of drug-likeness (QED) is 0.756. The molecule has 0 spiro atoms. The molecule has 0 aliphatic heterocycles. The summed E-state index contributed by atoms with van der Waals surface area (Å²) < 4.78 is 0. The number of ketones is 1. The molecule has 0 N–H and O–H groups in total. The molecule has 0 saturated carbocycles. The zero-order valence-electron chi connectivity index (χ0n) is 12.3. The van der Waals surface area contributed by atoms with Crippen molar-refractivity contribution < 1.29 is 4.79 Å². The number of nitriles is 1. The van der Waals surface area contributed by atoms with E-state index in [1.54, 1.807) is 0 Å². The largest absolute Gasteiger partial charge is 0.298 e. The molecule has 2 unspecified atom stereocenters. The summed E-state index contributed by atoms with van der Waals surface area (Å²) in [6, 6.07) is 10.0. The van der Waals surface area contributed by atoms with Gasteiger partial charge in [-0.2, -0.15) is 5.26 Å². The Bertz CT molecular complexity index is 453. The average Bonchev–Trinajstić information content (AvgIpc) is 2.40. The summed E-state index contributed by atoms with van der Waals surface area (Å²) in [6.07, 6.45) is 1.82. The molecule has 2 heteroatoms. The predicted molar refractivity (Wildman–Crippen MR) is 78.0 cm³/mol. The summed E-state index contributed by atoms with van der Waals surface area (Å²) in [5.74, 6) is -0.159. The number of Topliss-reactive ketones (excluding diaryl/α,β-unsaturated/α-hetero) is 1. The molecule has 0 bridgehead atoms. The molecule has 1 aromatic carbocycles. The number of nitrogens with zero attached hydrogens (tertiary/aromatic N) is 1. The smallest absolute Gasteiger partial charge is 0.157 e. The Morgan fingerprint density at radius 3 is 2.11 bits per heavy atom. The first-order valence-electron chi connectivity index (χ1n) is 7.04. The van der Waals surface area contributed by atoms with Gasteiger partial charge in [-0.15, -0.1) is 0 Å². The van der Waals surface area contributed by atoms with Gasteiger partial charge in [0.2, 0.25) is 0 Å². The van der Waals surface area contributed by atoms with E-state index in [0.29, 0.717) is 5.92 Å². The number of hydrogen-bond donors (Lipinski definition) is 0. The molecule has 0 fully saturated rings. The van der Waals surface area contributed by atoms with Crippen molar-refractivity contribution in [1.29, 1.82) is 5.26 Å². The first-order valence-corrected chi connectivity index (χ1v) is 7.04. The summed E-state index contributed by atoms with van der Waals surface area (Å²) >= 11 is 0. The monoisotopic (exact) mass is 257 g/mol. The van der Waals surface area contributed by atoms with Gasteiger partial charge in [0.15, 0.2) is 5.78 Å². The van der Waals surface area contributed by atoms with Crippen molar-refractivity contribution in [3.05, 3.63) is 35.4 Å². The van der Waals surface area contributed by atoms with Crippen LogP contribution in [0.4, 0.5) is 0 Å². The van der Waals surface area contributed by atoms with Gasteiger partial charge in [-0.05, 0) is 23.5 Å². The van der Waals surface area contributed by atoms with E-state index >= 15 is 0 Å². The highest BCUT2D eigenvalue weighted by Gasteiger charge is 2.24. The lowest BCUT2D eigenvalue weighted by molar-refractivity contribution is -0.122.